The highest BCUT2D eigenvalue weighted by Gasteiger charge is 2.00. The van der Waals surface area contributed by atoms with Crippen LogP contribution in [0.25, 0.3) is 0 Å². The Labute approximate surface area is 91.0 Å². The third-order valence-electron chi connectivity index (χ3n) is 2.13. The van der Waals surface area contributed by atoms with Crippen LogP contribution in [0.5, 0.6) is 5.75 Å². The van der Waals surface area contributed by atoms with E-state index in [9.17, 15) is 0 Å². The molecular formula is C11H19N3O. The molecular weight excluding hydrogens is 190 g/mol. The van der Waals surface area contributed by atoms with Gasteiger partial charge in [-0.3, -0.25) is 0 Å². The number of anilines is 2. The van der Waals surface area contributed by atoms with Gasteiger partial charge in [-0.2, -0.15) is 0 Å². The molecule has 0 atom stereocenters. The number of likely N-dealkylation sites (N-methyl/N-ethyl adjacent to an activating group) is 1. The number of hydrogen-bond acceptors (Lipinski definition) is 4. The number of ether oxygens (including phenoxy) is 1. The predicted molar refractivity (Wildman–Crippen MR) is 64.5 cm³/mol. The number of rotatable bonds is 5. The zero-order valence-corrected chi connectivity index (χ0v) is 9.58. The molecule has 0 bridgehead atoms. The van der Waals surface area contributed by atoms with Gasteiger partial charge >= 0.3 is 0 Å². The molecule has 0 aliphatic heterocycles. The summed E-state index contributed by atoms with van der Waals surface area (Å²) in [7, 11) is 5.72. The molecule has 0 saturated heterocycles. The summed E-state index contributed by atoms with van der Waals surface area (Å²) in [6.45, 7) is 1.83. The maximum atomic E-state index is 5.83. The van der Waals surface area contributed by atoms with Gasteiger partial charge < -0.3 is 20.7 Å². The van der Waals surface area contributed by atoms with Crippen molar-refractivity contribution in [3.05, 3.63) is 18.2 Å². The Bertz CT molecular complexity index is 313. The van der Waals surface area contributed by atoms with Crippen molar-refractivity contribution in [3.63, 3.8) is 0 Å². The molecule has 0 unspecified atom stereocenters. The number of nitrogens with two attached hydrogens (primary N) is 1. The lowest BCUT2D eigenvalue weighted by molar-refractivity contribution is 0.414. The van der Waals surface area contributed by atoms with E-state index in [4.69, 9.17) is 10.5 Å². The normalized spacial score (nSPS) is 10.4. The van der Waals surface area contributed by atoms with Crippen LogP contribution in [-0.4, -0.2) is 39.2 Å². The van der Waals surface area contributed by atoms with Crippen molar-refractivity contribution in [2.45, 2.75) is 0 Å². The fourth-order valence-electron chi connectivity index (χ4n) is 1.23. The van der Waals surface area contributed by atoms with Gasteiger partial charge in [0.05, 0.1) is 18.5 Å². The zero-order valence-electron chi connectivity index (χ0n) is 9.58. The first-order chi connectivity index (χ1) is 7.13. The van der Waals surface area contributed by atoms with Gasteiger partial charge in [0.15, 0.2) is 0 Å². The minimum absolute atomic E-state index is 0.745. The topological polar surface area (TPSA) is 50.5 Å². The van der Waals surface area contributed by atoms with Crippen molar-refractivity contribution in [3.8, 4) is 5.75 Å². The second-order valence-corrected chi connectivity index (χ2v) is 3.68. The van der Waals surface area contributed by atoms with Crippen molar-refractivity contribution in [1.29, 1.82) is 0 Å². The summed E-state index contributed by atoms with van der Waals surface area (Å²) in [6.07, 6.45) is 0. The summed E-state index contributed by atoms with van der Waals surface area (Å²) >= 11 is 0. The van der Waals surface area contributed by atoms with E-state index in [1.165, 1.54) is 0 Å². The first-order valence-corrected chi connectivity index (χ1v) is 4.95. The lowest BCUT2D eigenvalue weighted by Gasteiger charge is -2.13. The van der Waals surface area contributed by atoms with E-state index in [1.807, 2.05) is 32.3 Å². The van der Waals surface area contributed by atoms with Crippen LogP contribution in [0.3, 0.4) is 0 Å². The lowest BCUT2D eigenvalue weighted by atomic mass is 10.2. The second-order valence-electron chi connectivity index (χ2n) is 3.68. The Hall–Kier alpha value is -1.42. The molecule has 0 radical (unpaired) electrons. The van der Waals surface area contributed by atoms with Crippen LogP contribution >= 0.6 is 0 Å². The Morgan fingerprint density at radius 1 is 1.40 bits per heavy atom. The largest absolute Gasteiger partial charge is 0.497 e. The Morgan fingerprint density at radius 2 is 2.13 bits per heavy atom. The van der Waals surface area contributed by atoms with E-state index in [2.05, 4.69) is 10.2 Å². The molecule has 0 spiro atoms. The van der Waals surface area contributed by atoms with Gasteiger partial charge in [0.25, 0.3) is 0 Å². The van der Waals surface area contributed by atoms with Gasteiger partial charge in [0.1, 0.15) is 5.75 Å². The van der Waals surface area contributed by atoms with Crippen LogP contribution in [0.4, 0.5) is 11.4 Å². The third-order valence-corrected chi connectivity index (χ3v) is 2.13. The number of nitrogens with one attached hydrogen (secondary N) is 1. The Kier molecular flexibility index (Phi) is 4.24. The molecule has 0 heterocycles. The van der Waals surface area contributed by atoms with Gasteiger partial charge in [-0.1, -0.05) is 0 Å². The summed E-state index contributed by atoms with van der Waals surface area (Å²) in [5, 5.41) is 3.27. The monoisotopic (exact) mass is 209 g/mol. The highest BCUT2D eigenvalue weighted by atomic mass is 16.5. The zero-order chi connectivity index (χ0) is 11.3. The molecule has 0 saturated carbocycles. The summed E-state index contributed by atoms with van der Waals surface area (Å²) in [5.41, 5.74) is 7.50. The van der Waals surface area contributed by atoms with Crippen LogP contribution in [-0.2, 0) is 0 Å². The molecule has 0 aliphatic carbocycles. The van der Waals surface area contributed by atoms with E-state index in [1.54, 1.807) is 7.11 Å². The summed E-state index contributed by atoms with van der Waals surface area (Å²) in [4.78, 5) is 2.11. The van der Waals surface area contributed by atoms with Crippen molar-refractivity contribution in [1.82, 2.24) is 4.90 Å². The van der Waals surface area contributed by atoms with Crippen LogP contribution in [0, 0.1) is 0 Å². The van der Waals surface area contributed by atoms with E-state index in [0.29, 0.717) is 0 Å². The molecule has 15 heavy (non-hydrogen) atoms. The molecule has 0 amide bonds. The number of nitrogens with zero attached hydrogens (tertiary/aromatic N) is 1. The standard InChI is InChI=1S/C11H19N3O/c1-14(2)7-6-13-11-8-9(15-3)4-5-10(11)12/h4-5,8,13H,6-7,12H2,1-3H3. The van der Waals surface area contributed by atoms with Crippen molar-refractivity contribution < 1.29 is 4.74 Å². The number of nitrogen functional groups attached to an aromatic ring is 1. The fraction of sp³-hybridized carbons (Fsp3) is 0.455. The smallest absolute Gasteiger partial charge is 0.121 e. The van der Waals surface area contributed by atoms with E-state index < -0.39 is 0 Å². The molecule has 4 heteroatoms. The fourth-order valence-corrected chi connectivity index (χ4v) is 1.23. The van der Waals surface area contributed by atoms with Crippen LogP contribution in [0.1, 0.15) is 0 Å². The average Bonchev–Trinajstić information content (AvgIpc) is 2.20. The summed E-state index contributed by atoms with van der Waals surface area (Å²) in [6, 6.07) is 5.61. The molecule has 0 fully saturated rings. The first kappa shape index (κ1) is 11.7. The Balaban J connectivity index is 2.59. The molecule has 3 N–H and O–H groups in total. The maximum Gasteiger partial charge on any atom is 0.121 e. The summed E-state index contributed by atoms with van der Waals surface area (Å²) in [5.74, 6) is 0.816. The first-order valence-electron chi connectivity index (χ1n) is 4.95. The van der Waals surface area contributed by atoms with E-state index in [0.717, 1.165) is 30.2 Å². The Morgan fingerprint density at radius 3 is 2.73 bits per heavy atom. The van der Waals surface area contributed by atoms with Crippen molar-refractivity contribution in [2.75, 3.05) is 45.3 Å². The minimum Gasteiger partial charge on any atom is -0.497 e. The number of methoxy groups -OCH3 is 1. The van der Waals surface area contributed by atoms with Crippen LogP contribution in [0.15, 0.2) is 18.2 Å². The minimum atomic E-state index is 0.745. The van der Waals surface area contributed by atoms with Gasteiger partial charge in [0, 0.05) is 19.2 Å². The summed E-state index contributed by atoms with van der Waals surface area (Å²) < 4.78 is 5.13. The molecule has 1 rings (SSSR count). The van der Waals surface area contributed by atoms with Crippen molar-refractivity contribution >= 4 is 11.4 Å². The lowest BCUT2D eigenvalue weighted by Crippen LogP contribution is -2.21. The van der Waals surface area contributed by atoms with Crippen LogP contribution in [0.2, 0.25) is 0 Å². The molecule has 0 aromatic heterocycles. The molecule has 84 valence electrons. The number of hydrogen-bond donors (Lipinski definition) is 2. The van der Waals surface area contributed by atoms with Gasteiger partial charge in [-0.05, 0) is 26.2 Å². The maximum absolute atomic E-state index is 5.83. The highest BCUT2D eigenvalue weighted by Crippen LogP contribution is 2.23. The predicted octanol–water partition coefficient (Wildman–Crippen LogP) is 1.25. The number of benzene rings is 1. The van der Waals surface area contributed by atoms with E-state index in [-0.39, 0.29) is 0 Å². The molecule has 1 aromatic rings. The quantitative estimate of drug-likeness (QED) is 0.717. The average molecular weight is 209 g/mol. The van der Waals surface area contributed by atoms with Gasteiger partial charge in [-0.25, -0.2) is 0 Å². The van der Waals surface area contributed by atoms with E-state index >= 15 is 0 Å². The van der Waals surface area contributed by atoms with Gasteiger partial charge in [0.2, 0.25) is 0 Å². The molecule has 4 nitrogen and oxygen atoms in total. The second kappa shape index (κ2) is 5.46. The third kappa shape index (κ3) is 3.67. The van der Waals surface area contributed by atoms with Crippen LogP contribution < -0.4 is 15.8 Å². The van der Waals surface area contributed by atoms with Crippen molar-refractivity contribution in [2.24, 2.45) is 0 Å². The molecule has 0 aliphatic rings. The highest BCUT2D eigenvalue weighted by molar-refractivity contribution is 5.68. The van der Waals surface area contributed by atoms with Gasteiger partial charge in [-0.15, -0.1) is 0 Å². The SMILES string of the molecule is COc1ccc(N)c(NCCN(C)C)c1. The molecule has 1 aromatic carbocycles.